The molecule has 0 spiro atoms. The zero-order valence-electron chi connectivity index (χ0n) is 10.0. The average molecular weight is 266 g/mol. The number of rotatable bonds is 3. The summed E-state index contributed by atoms with van der Waals surface area (Å²) in [6, 6.07) is 8.05. The van der Waals surface area contributed by atoms with Crippen LogP contribution in [0.25, 0.3) is 11.3 Å². The van der Waals surface area contributed by atoms with E-state index in [1.165, 1.54) is 12.1 Å². The van der Waals surface area contributed by atoms with E-state index in [4.69, 9.17) is 16.0 Å². The van der Waals surface area contributed by atoms with Gasteiger partial charge in [0.1, 0.15) is 11.5 Å². The molecule has 0 saturated carbocycles. The van der Waals surface area contributed by atoms with Gasteiger partial charge in [-0.05, 0) is 18.2 Å². The van der Waals surface area contributed by atoms with Crippen LogP contribution >= 0.6 is 11.6 Å². The lowest BCUT2D eigenvalue weighted by molar-refractivity contribution is -0.384. The van der Waals surface area contributed by atoms with Crippen molar-refractivity contribution in [2.75, 3.05) is 0 Å². The standard InChI is InChI=1S/C13H12ClNO3/c1-8(2)12-5-6-13(18-12)10-4-3-9(15(16)17)7-11(10)14/h3-8H,1-2H3. The maximum absolute atomic E-state index is 10.6. The molecule has 0 radical (unpaired) electrons. The second-order valence-electron chi connectivity index (χ2n) is 4.28. The van der Waals surface area contributed by atoms with Gasteiger partial charge in [0.2, 0.25) is 0 Å². The van der Waals surface area contributed by atoms with Crippen molar-refractivity contribution in [2.45, 2.75) is 19.8 Å². The first-order valence-corrected chi connectivity index (χ1v) is 5.91. The number of nitro benzene ring substituents is 1. The number of nitrogens with zero attached hydrogens (tertiary/aromatic N) is 1. The Balaban J connectivity index is 2.41. The molecule has 0 bridgehead atoms. The summed E-state index contributed by atoms with van der Waals surface area (Å²) in [5, 5.41) is 10.9. The molecule has 2 aromatic rings. The van der Waals surface area contributed by atoms with Gasteiger partial charge in [-0.25, -0.2) is 0 Å². The van der Waals surface area contributed by atoms with Gasteiger partial charge < -0.3 is 4.42 Å². The largest absolute Gasteiger partial charge is 0.461 e. The summed E-state index contributed by atoms with van der Waals surface area (Å²) in [4.78, 5) is 10.1. The van der Waals surface area contributed by atoms with Crippen LogP contribution in [0.15, 0.2) is 34.7 Å². The third kappa shape index (κ3) is 2.38. The number of halogens is 1. The number of furan rings is 1. The lowest BCUT2D eigenvalue weighted by Crippen LogP contribution is -1.88. The van der Waals surface area contributed by atoms with Crippen molar-refractivity contribution in [3.8, 4) is 11.3 Å². The van der Waals surface area contributed by atoms with E-state index in [0.717, 1.165) is 5.76 Å². The Bertz CT molecular complexity index is 590. The van der Waals surface area contributed by atoms with Gasteiger partial charge in [0.25, 0.3) is 5.69 Å². The lowest BCUT2D eigenvalue weighted by atomic mass is 10.1. The summed E-state index contributed by atoms with van der Waals surface area (Å²) in [7, 11) is 0. The van der Waals surface area contributed by atoms with E-state index in [0.29, 0.717) is 16.3 Å². The molecule has 1 aromatic carbocycles. The van der Waals surface area contributed by atoms with Crippen LogP contribution in [0.1, 0.15) is 25.5 Å². The quantitative estimate of drug-likeness (QED) is 0.600. The molecular formula is C13H12ClNO3. The normalized spacial score (nSPS) is 10.9. The van der Waals surface area contributed by atoms with Gasteiger partial charge in [-0.1, -0.05) is 25.4 Å². The number of benzene rings is 1. The molecule has 0 aliphatic carbocycles. The molecule has 0 saturated heterocycles. The van der Waals surface area contributed by atoms with Crippen molar-refractivity contribution >= 4 is 17.3 Å². The molecule has 0 atom stereocenters. The number of nitro groups is 1. The number of hydrogen-bond acceptors (Lipinski definition) is 3. The van der Waals surface area contributed by atoms with E-state index in [9.17, 15) is 10.1 Å². The highest BCUT2D eigenvalue weighted by Crippen LogP contribution is 2.33. The summed E-state index contributed by atoms with van der Waals surface area (Å²) in [6.07, 6.45) is 0. The molecule has 1 heterocycles. The van der Waals surface area contributed by atoms with Crippen LogP contribution in [0.2, 0.25) is 5.02 Å². The molecule has 0 N–H and O–H groups in total. The van der Waals surface area contributed by atoms with E-state index in [1.807, 2.05) is 26.0 Å². The highest BCUT2D eigenvalue weighted by atomic mass is 35.5. The van der Waals surface area contributed by atoms with Gasteiger partial charge in [0.15, 0.2) is 0 Å². The molecule has 5 heteroatoms. The highest BCUT2D eigenvalue weighted by molar-refractivity contribution is 6.33. The van der Waals surface area contributed by atoms with Crippen LogP contribution in [0.5, 0.6) is 0 Å². The van der Waals surface area contributed by atoms with E-state index in [-0.39, 0.29) is 11.6 Å². The topological polar surface area (TPSA) is 56.3 Å². The molecule has 2 rings (SSSR count). The average Bonchev–Trinajstić information content (AvgIpc) is 2.78. The molecule has 1 aromatic heterocycles. The van der Waals surface area contributed by atoms with Crippen LogP contribution in [-0.4, -0.2) is 4.92 Å². The Labute approximate surface area is 109 Å². The molecule has 94 valence electrons. The van der Waals surface area contributed by atoms with Gasteiger partial charge >= 0.3 is 0 Å². The molecule has 0 aliphatic rings. The summed E-state index contributed by atoms with van der Waals surface area (Å²) in [5.41, 5.74) is 0.633. The minimum Gasteiger partial charge on any atom is -0.461 e. The van der Waals surface area contributed by atoms with Gasteiger partial charge in [-0.15, -0.1) is 0 Å². The molecule has 0 aliphatic heterocycles. The molecule has 0 amide bonds. The van der Waals surface area contributed by atoms with Crippen LogP contribution in [0.3, 0.4) is 0 Å². The Morgan fingerprint density at radius 3 is 2.50 bits per heavy atom. The Morgan fingerprint density at radius 2 is 2.00 bits per heavy atom. The van der Waals surface area contributed by atoms with Crippen LogP contribution < -0.4 is 0 Å². The minimum atomic E-state index is -0.475. The fourth-order valence-electron chi connectivity index (χ4n) is 1.63. The molecule has 0 unspecified atom stereocenters. The summed E-state index contributed by atoms with van der Waals surface area (Å²) >= 11 is 6.03. The smallest absolute Gasteiger partial charge is 0.270 e. The number of hydrogen-bond donors (Lipinski definition) is 0. The summed E-state index contributed by atoms with van der Waals surface area (Å²) < 4.78 is 5.66. The molecule has 4 nitrogen and oxygen atoms in total. The fraction of sp³-hybridized carbons (Fsp3) is 0.231. The SMILES string of the molecule is CC(C)c1ccc(-c2ccc([N+](=O)[O-])cc2Cl)o1. The second-order valence-corrected chi connectivity index (χ2v) is 4.69. The van der Waals surface area contributed by atoms with Crippen LogP contribution in [0.4, 0.5) is 5.69 Å². The van der Waals surface area contributed by atoms with Gasteiger partial charge in [-0.3, -0.25) is 10.1 Å². The maximum atomic E-state index is 10.6. The number of non-ortho nitro benzene ring substituents is 1. The van der Waals surface area contributed by atoms with Crippen molar-refractivity contribution in [2.24, 2.45) is 0 Å². The van der Waals surface area contributed by atoms with Crippen molar-refractivity contribution in [1.82, 2.24) is 0 Å². The first-order valence-electron chi connectivity index (χ1n) is 5.53. The first kappa shape index (κ1) is 12.6. The van der Waals surface area contributed by atoms with E-state index in [1.54, 1.807) is 6.07 Å². The fourth-order valence-corrected chi connectivity index (χ4v) is 1.89. The van der Waals surface area contributed by atoms with Crippen molar-refractivity contribution in [1.29, 1.82) is 0 Å². The van der Waals surface area contributed by atoms with Crippen molar-refractivity contribution < 1.29 is 9.34 Å². The predicted molar refractivity (Wildman–Crippen MR) is 69.9 cm³/mol. The summed E-state index contributed by atoms with van der Waals surface area (Å²) in [6.45, 7) is 4.06. The van der Waals surface area contributed by atoms with Crippen molar-refractivity contribution in [3.63, 3.8) is 0 Å². The Kier molecular flexibility index (Phi) is 3.39. The monoisotopic (exact) mass is 265 g/mol. The second kappa shape index (κ2) is 4.82. The van der Waals surface area contributed by atoms with Gasteiger partial charge in [0, 0.05) is 23.6 Å². The molecule has 0 fully saturated rings. The van der Waals surface area contributed by atoms with Crippen LogP contribution in [0, 0.1) is 10.1 Å². The van der Waals surface area contributed by atoms with Gasteiger partial charge in [-0.2, -0.15) is 0 Å². The first-order chi connectivity index (χ1) is 8.49. The van der Waals surface area contributed by atoms with E-state index in [2.05, 4.69) is 0 Å². The van der Waals surface area contributed by atoms with Crippen LogP contribution in [-0.2, 0) is 0 Å². The maximum Gasteiger partial charge on any atom is 0.270 e. The van der Waals surface area contributed by atoms with Gasteiger partial charge in [0.05, 0.1) is 9.95 Å². The third-order valence-corrected chi connectivity index (χ3v) is 2.94. The zero-order valence-corrected chi connectivity index (χ0v) is 10.8. The van der Waals surface area contributed by atoms with E-state index >= 15 is 0 Å². The molecular weight excluding hydrogens is 254 g/mol. The Hall–Kier alpha value is -1.81. The predicted octanol–water partition coefficient (Wildman–Crippen LogP) is 4.63. The van der Waals surface area contributed by atoms with Crippen molar-refractivity contribution in [3.05, 3.63) is 51.2 Å². The highest BCUT2D eigenvalue weighted by Gasteiger charge is 2.14. The zero-order chi connectivity index (χ0) is 13.3. The lowest BCUT2D eigenvalue weighted by Gasteiger charge is -2.02. The summed E-state index contributed by atoms with van der Waals surface area (Å²) in [5.74, 6) is 1.77. The molecule has 18 heavy (non-hydrogen) atoms. The third-order valence-electron chi connectivity index (χ3n) is 2.62. The minimum absolute atomic E-state index is 0.0283. The van der Waals surface area contributed by atoms with E-state index < -0.39 is 4.92 Å². The Morgan fingerprint density at radius 1 is 1.28 bits per heavy atom.